The van der Waals surface area contributed by atoms with Crippen molar-refractivity contribution in [1.82, 2.24) is 5.32 Å². The lowest BCUT2D eigenvalue weighted by Gasteiger charge is -2.07. The lowest BCUT2D eigenvalue weighted by atomic mass is 10.1. The second-order valence-electron chi connectivity index (χ2n) is 4.73. The van der Waals surface area contributed by atoms with E-state index in [1.54, 1.807) is 6.07 Å². The predicted molar refractivity (Wildman–Crippen MR) is 82.0 cm³/mol. The van der Waals surface area contributed by atoms with Crippen molar-refractivity contribution in [2.75, 3.05) is 6.79 Å². The maximum atomic E-state index is 8.88. The molecule has 1 aliphatic heterocycles. The van der Waals surface area contributed by atoms with Crippen LogP contribution < -0.4 is 14.8 Å². The first-order valence-electron chi connectivity index (χ1n) is 6.54. The molecule has 0 unspecified atom stereocenters. The van der Waals surface area contributed by atoms with Gasteiger partial charge >= 0.3 is 0 Å². The van der Waals surface area contributed by atoms with Gasteiger partial charge in [0.25, 0.3) is 0 Å². The Kier molecular flexibility index (Phi) is 4.09. The van der Waals surface area contributed by atoms with Crippen LogP contribution in [0.3, 0.4) is 0 Å². The molecule has 2 aromatic rings. The molecule has 1 aliphatic rings. The summed E-state index contributed by atoms with van der Waals surface area (Å²) in [7, 11) is 0. The number of ether oxygens (including phenoxy) is 2. The van der Waals surface area contributed by atoms with Gasteiger partial charge < -0.3 is 14.8 Å². The molecule has 0 radical (unpaired) electrons. The zero-order valence-corrected chi connectivity index (χ0v) is 12.8. The van der Waals surface area contributed by atoms with Crippen LogP contribution in [-0.4, -0.2) is 6.79 Å². The van der Waals surface area contributed by atoms with Crippen molar-refractivity contribution in [3.63, 3.8) is 0 Å². The van der Waals surface area contributed by atoms with E-state index >= 15 is 0 Å². The highest BCUT2D eigenvalue weighted by atomic mass is 79.9. The van der Waals surface area contributed by atoms with E-state index in [0.29, 0.717) is 18.7 Å². The van der Waals surface area contributed by atoms with Crippen molar-refractivity contribution in [2.24, 2.45) is 0 Å². The van der Waals surface area contributed by atoms with Gasteiger partial charge in [0.1, 0.15) is 0 Å². The summed E-state index contributed by atoms with van der Waals surface area (Å²) in [5.74, 6) is 1.54. The fourth-order valence-corrected chi connectivity index (χ4v) is 2.83. The lowest BCUT2D eigenvalue weighted by Crippen LogP contribution is -2.12. The third-order valence-corrected chi connectivity index (χ3v) is 3.79. The van der Waals surface area contributed by atoms with E-state index in [1.165, 1.54) is 0 Å². The Hall–Kier alpha value is -2.03. The molecule has 21 heavy (non-hydrogen) atoms. The summed E-state index contributed by atoms with van der Waals surface area (Å²) in [5.41, 5.74) is 2.89. The molecule has 0 amide bonds. The molecule has 106 valence electrons. The first kappa shape index (κ1) is 13.9. The molecule has 0 fully saturated rings. The van der Waals surface area contributed by atoms with Gasteiger partial charge in [-0.05, 0) is 51.3 Å². The Balaban J connectivity index is 1.63. The number of rotatable bonds is 4. The number of nitrogens with one attached hydrogen (secondary N) is 1. The standard InChI is InChI=1S/C16H13BrN2O2/c17-14-5-13(6-15-16(14)21-10-20-15)9-19-8-12-3-1-2-11(4-12)7-18/h1-6,19H,8-10H2. The monoisotopic (exact) mass is 344 g/mol. The summed E-state index contributed by atoms with van der Waals surface area (Å²) in [6, 6.07) is 13.7. The number of fused-ring (bicyclic) bond motifs is 1. The van der Waals surface area contributed by atoms with Gasteiger partial charge in [-0.1, -0.05) is 12.1 Å². The van der Waals surface area contributed by atoms with Gasteiger partial charge in [0.15, 0.2) is 11.5 Å². The van der Waals surface area contributed by atoms with Crippen molar-refractivity contribution in [3.05, 3.63) is 57.6 Å². The Labute approximate surface area is 131 Å². The SMILES string of the molecule is N#Cc1cccc(CNCc2cc(Br)c3c(c2)OCO3)c1. The molecule has 0 bridgehead atoms. The fourth-order valence-electron chi connectivity index (χ4n) is 2.22. The maximum Gasteiger partial charge on any atom is 0.231 e. The van der Waals surface area contributed by atoms with Crippen LogP contribution in [0.15, 0.2) is 40.9 Å². The first-order chi connectivity index (χ1) is 10.3. The second-order valence-corrected chi connectivity index (χ2v) is 5.58. The minimum absolute atomic E-state index is 0.270. The molecular formula is C16H13BrN2O2. The highest BCUT2D eigenvalue weighted by Gasteiger charge is 2.17. The zero-order valence-electron chi connectivity index (χ0n) is 11.2. The van der Waals surface area contributed by atoms with Gasteiger partial charge in [0, 0.05) is 13.1 Å². The molecule has 0 aliphatic carbocycles. The van der Waals surface area contributed by atoms with Crippen LogP contribution in [0, 0.1) is 11.3 Å². The molecule has 2 aromatic carbocycles. The van der Waals surface area contributed by atoms with Gasteiger partial charge in [0.05, 0.1) is 16.1 Å². The summed E-state index contributed by atoms with van der Waals surface area (Å²) >= 11 is 3.49. The van der Waals surface area contributed by atoms with Crippen molar-refractivity contribution >= 4 is 15.9 Å². The normalized spacial score (nSPS) is 12.2. The van der Waals surface area contributed by atoms with Gasteiger partial charge in [-0.25, -0.2) is 0 Å². The van der Waals surface area contributed by atoms with E-state index in [0.717, 1.165) is 27.1 Å². The third-order valence-electron chi connectivity index (χ3n) is 3.20. The minimum atomic E-state index is 0.270. The maximum absolute atomic E-state index is 8.88. The highest BCUT2D eigenvalue weighted by molar-refractivity contribution is 9.10. The Bertz CT molecular complexity index is 710. The van der Waals surface area contributed by atoms with Crippen molar-refractivity contribution in [1.29, 1.82) is 5.26 Å². The molecule has 3 rings (SSSR count). The average Bonchev–Trinajstić information content (AvgIpc) is 2.96. The molecular weight excluding hydrogens is 332 g/mol. The van der Waals surface area contributed by atoms with E-state index in [9.17, 15) is 0 Å². The van der Waals surface area contributed by atoms with Crippen LogP contribution >= 0.6 is 15.9 Å². The summed E-state index contributed by atoms with van der Waals surface area (Å²) in [6.07, 6.45) is 0. The van der Waals surface area contributed by atoms with E-state index in [4.69, 9.17) is 14.7 Å². The molecule has 0 spiro atoms. The molecule has 0 saturated carbocycles. The Morgan fingerprint density at radius 2 is 2.00 bits per heavy atom. The topological polar surface area (TPSA) is 54.3 Å². The zero-order chi connectivity index (χ0) is 14.7. The molecule has 5 heteroatoms. The van der Waals surface area contributed by atoms with E-state index in [1.807, 2.05) is 30.3 Å². The summed E-state index contributed by atoms with van der Waals surface area (Å²) in [5, 5.41) is 12.2. The number of nitrogens with zero attached hydrogens (tertiary/aromatic N) is 1. The molecule has 0 atom stereocenters. The van der Waals surface area contributed by atoms with Crippen molar-refractivity contribution < 1.29 is 9.47 Å². The molecule has 0 saturated heterocycles. The van der Waals surface area contributed by atoms with Gasteiger partial charge in [0.2, 0.25) is 6.79 Å². The number of hydrogen-bond acceptors (Lipinski definition) is 4. The number of nitriles is 1. The largest absolute Gasteiger partial charge is 0.454 e. The minimum Gasteiger partial charge on any atom is -0.454 e. The van der Waals surface area contributed by atoms with Crippen LogP contribution in [0.1, 0.15) is 16.7 Å². The third kappa shape index (κ3) is 3.18. The number of benzene rings is 2. The van der Waals surface area contributed by atoms with Gasteiger partial charge in [-0.15, -0.1) is 0 Å². The highest BCUT2D eigenvalue weighted by Crippen LogP contribution is 2.39. The van der Waals surface area contributed by atoms with Crippen LogP contribution in [0.2, 0.25) is 0 Å². The van der Waals surface area contributed by atoms with E-state index < -0.39 is 0 Å². The van der Waals surface area contributed by atoms with Crippen LogP contribution in [0.25, 0.3) is 0 Å². The van der Waals surface area contributed by atoms with E-state index in [-0.39, 0.29) is 6.79 Å². The Morgan fingerprint density at radius 1 is 1.14 bits per heavy atom. The lowest BCUT2D eigenvalue weighted by molar-refractivity contribution is 0.173. The predicted octanol–water partition coefficient (Wildman–Crippen LogP) is 3.34. The van der Waals surface area contributed by atoms with Crippen LogP contribution in [-0.2, 0) is 13.1 Å². The average molecular weight is 345 g/mol. The molecule has 1 N–H and O–H groups in total. The quantitative estimate of drug-likeness (QED) is 0.924. The molecule has 1 heterocycles. The first-order valence-corrected chi connectivity index (χ1v) is 7.33. The summed E-state index contributed by atoms with van der Waals surface area (Å²) in [6.45, 7) is 1.69. The second kappa shape index (κ2) is 6.17. The summed E-state index contributed by atoms with van der Waals surface area (Å²) < 4.78 is 11.7. The smallest absolute Gasteiger partial charge is 0.231 e. The number of hydrogen-bond donors (Lipinski definition) is 1. The molecule has 4 nitrogen and oxygen atoms in total. The van der Waals surface area contributed by atoms with Crippen molar-refractivity contribution in [3.8, 4) is 17.6 Å². The number of halogens is 1. The van der Waals surface area contributed by atoms with Gasteiger partial charge in [-0.3, -0.25) is 0 Å². The fraction of sp³-hybridized carbons (Fsp3) is 0.188. The van der Waals surface area contributed by atoms with Crippen LogP contribution in [0.5, 0.6) is 11.5 Å². The van der Waals surface area contributed by atoms with Crippen LogP contribution in [0.4, 0.5) is 0 Å². The van der Waals surface area contributed by atoms with Crippen molar-refractivity contribution in [2.45, 2.75) is 13.1 Å². The Morgan fingerprint density at radius 3 is 2.86 bits per heavy atom. The van der Waals surface area contributed by atoms with Gasteiger partial charge in [-0.2, -0.15) is 5.26 Å². The molecule has 0 aromatic heterocycles. The van der Waals surface area contributed by atoms with E-state index in [2.05, 4.69) is 27.3 Å². The summed E-state index contributed by atoms with van der Waals surface area (Å²) in [4.78, 5) is 0.